The molecular weight excluding hydrogens is 378 g/mol. The first-order valence-corrected chi connectivity index (χ1v) is 12.0. The fourth-order valence-electron chi connectivity index (χ4n) is 8.42. The molecule has 4 aliphatic carbocycles. The molecule has 0 spiro atoms. The van der Waals surface area contributed by atoms with Crippen LogP contribution in [-0.2, 0) is 12.5 Å². The van der Waals surface area contributed by atoms with Crippen LogP contribution >= 0.6 is 0 Å². The zero-order valence-corrected chi connectivity index (χ0v) is 18.0. The van der Waals surface area contributed by atoms with Gasteiger partial charge in [-0.1, -0.05) is 36.4 Å². The first-order valence-electron chi connectivity index (χ1n) is 12.0. The second-order valence-electron chi connectivity index (χ2n) is 10.9. The van der Waals surface area contributed by atoms with E-state index in [1.807, 2.05) is 0 Å². The number of furan rings is 1. The summed E-state index contributed by atoms with van der Waals surface area (Å²) in [4.78, 5) is 0. The molecule has 2 nitrogen and oxygen atoms in total. The van der Waals surface area contributed by atoms with E-state index in [9.17, 15) is 0 Å². The fraction of sp³-hybridized carbons (Fsp3) is 0.379. The molecule has 9 rings (SSSR count). The highest BCUT2D eigenvalue weighted by Gasteiger charge is 2.52. The molecule has 154 valence electrons. The van der Waals surface area contributed by atoms with Crippen LogP contribution in [0.15, 0.2) is 59.0 Å². The van der Waals surface area contributed by atoms with Crippen LogP contribution in [0.4, 0.5) is 0 Å². The van der Waals surface area contributed by atoms with Gasteiger partial charge in [-0.2, -0.15) is 0 Å². The highest BCUT2D eigenvalue weighted by atomic mass is 16.3. The van der Waals surface area contributed by atoms with Gasteiger partial charge >= 0.3 is 0 Å². The van der Waals surface area contributed by atoms with E-state index < -0.39 is 0 Å². The van der Waals surface area contributed by atoms with Gasteiger partial charge in [0, 0.05) is 34.1 Å². The largest absolute Gasteiger partial charge is 0.454 e. The Kier molecular flexibility index (Phi) is 3.02. The molecule has 4 fully saturated rings. The van der Waals surface area contributed by atoms with E-state index in [0.29, 0.717) is 5.41 Å². The lowest BCUT2D eigenvalue weighted by Crippen LogP contribution is -2.48. The first kappa shape index (κ1) is 16.9. The fourth-order valence-corrected chi connectivity index (χ4v) is 8.42. The number of aromatic nitrogens is 1. The molecule has 0 N–H and O–H groups in total. The number of benzene rings is 3. The average molecular weight is 406 g/mol. The molecule has 0 saturated heterocycles. The zero-order chi connectivity index (χ0) is 20.3. The number of aryl methyl sites for hydroxylation is 1. The Balaban J connectivity index is 1.47. The third kappa shape index (κ3) is 2.04. The summed E-state index contributed by atoms with van der Waals surface area (Å²) in [5.74, 6) is 2.85. The SMILES string of the molecule is Cn1c2ccccc2c2ccc3c(oc4cccc(C56CC7CC(CC(C7)C5)C6)c43)c21. The van der Waals surface area contributed by atoms with Gasteiger partial charge in [-0.25, -0.2) is 0 Å². The molecule has 0 unspecified atom stereocenters. The summed E-state index contributed by atoms with van der Waals surface area (Å²) in [6.07, 6.45) is 8.62. The standard InChI is InChI=1S/C29H27NO/c1-30-24-7-3-2-5-20(24)21-9-10-22-26-23(6-4-8-25(26)31-28(22)27(21)30)29-14-17-11-18(15-29)13-19(12-17)16-29/h2-10,17-19H,11-16H2,1H3. The van der Waals surface area contributed by atoms with Crippen molar-refractivity contribution in [2.45, 2.75) is 43.9 Å². The normalized spacial score (nSPS) is 29.8. The molecule has 31 heavy (non-hydrogen) atoms. The maximum absolute atomic E-state index is 6.66. The van der Waals surface area contributed by atoms with Gasteiger partial charge in [0.1, 0.15) is 5.58 Å². The van der Waals surface area contributed by atoms with Gasteiger partial charge in [-0.3, -0.25) is 0 Å². The van der Waals surface area contributed by atoms with Gasteiger partial charge in [0.15, 0.2) is 5.58 Å². The summed E-state index contributed by atoms with van der Waals surface area (Å²) in [5, 5.41) is 5.30. The molecule has 2 heteroatoms. The smallest absolute Gasteiger partial charge is 0.159 e. The molecule has 2 aromatic heterocycles. The third-order valence-electron chi connectivity index (χ3n) is 9.14. The van der Waals surface area contributed by atoms with E-state index in [4.69, 9.17) is 4.42 Å². The Bertz CT molecular complexity index is 1500. The van der Waals surface area contributed by atoms with Crippen molar-refractivity contribution in [1.29, 1.82) is 0 Å². The number of fused-ring (bicyclic) bond motifs is 7. The molecule has 4 bridgehead atoms. The van der Waals surface area contributed by atoms with Crippen molar-refractivity contribution >= 4 is 43.7 Å². The molecule has 3 aromatic carbocycles. The molecule has 5 aromatic rings. The quantitative estimate of drug-likeness (QED) is 0.279. The van der Waals surface area contributed by atoms with Gasteiger partial charge in [-0.05, 0) is 85.5 Å². The summed E-state index contributed by atoms with van der Waals surface area (Å²) < 4.78 is 8.98. The maximum Gasteiger partial charge on any atom is 0.159 e. The predicted molar refractivity (Wildman–Crippen MR) is 128 cm³/mol. The second-order valence-corrected chi connectivity index (χ2v) is 10.9. The molecule has 0 aliphatic heterocycles. The van der Waals surface area contributed by atoms with Gasteiger partial charge in [0.25, 0.3) is 0 Å². The highest BCUT2D eigenvalue weighted by Crippen LogP contribution is 2.62. The Morgan fingerprint density at radius 1 is 0.774 bits per heavy atom. The number of hydrogen-bond donors (Lipinski definition) is 0. The van der Waals surface area contributed by atoms with Gasteiger partial charge in [0.2, 0.25) is 0 Å². The molecule has 4 saturated carbocycles. The Labute approximate surface area is 181 Å². The Hall–Kier alpha value is -2.74. The van der Waals surface area contributed by atoms with E-state index in [2.05, 4.69) is 66.2 Å². The Morgan fingerprint density at radius 2 is 1.48 bits per heavy atom. The summed E-state index contributed by atoms with van der Waals surface area (Å²) in [5.41, 5.74) is 6.59. The lowest BCUT2D eigenvalue weighted by molar-refractivity contribution is -0.00448. The second kappa shape index (κ2) is 5.54. The van der Waals surface area contributed by atoms with Crippen LogP contribution in [0.25, 0.3) is 43.7 Å². The lowest BCUT2D eigenvalue weighted by atomic mass is 9.48. The molecule has 0 amide bonds. The molecule has 2 heterocycles. The summed E-state index contributed by atoms with van der Waals surface area (Å²) >= 11 is 0. The van der Waals surface area contributed by atoms with Gasteiger partial charge in [-0.15, -0.1) is 0 Å². The Morgan fingerprint density at radius 3 is 2.26 bits per heavy atom. The van der Waals surface area contributed by atoms with Gasteiger partial charge in [0.05, 0.1) is 5.52 Å². The summed E-state index contributed by atoms with van der Waals surface area (Å²) in [7, 11) is 2.18. The van der Waals surface area contributed by atoms with Crippen LogP contribution in [0.3, 0.4) is 0 Å². The van der Waals surface area contributed by atoms with Crippen molar-refractivity contribution < 1.29 is 4.42 Å². The number of hydrogen-bond acceptors (Lipinski definition) is 1. The minimum Gasteiger partial charge on any atom is -0.454 e. The molecule has 0 atom stereocenters. The van der Waals surface area contributed by atoms with Crippen LogP contribution in [0.1, 0.15) is 44.1 Å². The minimum atomic E-state index is 0.374. The van der Waals surface area contributed by atoms with Crippen molar-refractivity contribution in [2.75, 3.05) is 0 Å². The van der Waals surface area contributed by atoms with E-state index in [1.165, 1.54) is 71.1 Å². The zero-order valence-electron chi connectivity index (χ0n) is 18.0. The van der Waals surface area contributed by atoms with Crippen molar-refractivity contribution in [3.63, 3.8) is 0 Å². The maximum atomic E-state index is 6.66. The molecule has 0 radical (unpaired) electrons. The lowest BCUT2D eigenvalue weighted by Gasteiger charge is -2.57. The van der Waals surface area contributed by atoms with E-state index >= 15 is 0 Å². The van der Waals surface area contributed by atoms with Crippen LogP contribution in [0, 0.1) is 17.8 Å². The van der Waals surface area contributed by atoms with Crippen molar-refractivity contribution in [1.82, 2.24) is 4.57 Å². The number of rotatable bonds is 1. The first-order chi connectivity index (χ1) is 15.2. The summed E-state index contributed by atoms with van der Waals surface area (Å²) in [6.45, 7) is 0. The van der Waals surface area contributed by atoms with E-state index in [1.54, 1.807) is 5.56 Å². The molecular formula is C29H27NO. The number of nitrogens with zero attached hydrogens (tertiary/aromatic N) is 1. The topological polar surface area (TPSA) is 18.1 Å². The minimum absolute atomic E-state index is 0.374. The van der Waals surface area contributed by atoms with Gasteiger partial charge < -0.3 is 8.98 Å². The predicted octanol–water partition coefficient (Wildman–Crippen LogP) is 7.70. The summed E-state index contributed by atoms with van der Waals surface area (Å²) in [6, 6.07) is 20.2. The third-order valence-corrected chi connectivity index (χ3v) is 9.14. The van der Waals surface area contributed by atoms with Crippen molar-refractivity contribution in [2.24, 2.45) is 24.8 Å². The van der Waals surface area contributed by atoms with Crippen molar-refractivity contribution in [3.05, 3.63) is 60.2 Å². The highest BCUT2D eigenvalue weighted by molar-refractivity contribution is 6.21. The molecule has 4 aliphatic rings. The van der Waals surface area contributed by atoms with E-state index in [-0.39, 0.29) is 0 Å². The van der Waals surface area contributed by atoms with Crippen LogP contribution < -0.4 is 0 Å². The van der Waals surface area contributed by atoms with Crippen LogP contribution in [-0.4, -0.2) is 4.57 Å². The monoisotopic (exact) mass is 405 g/mol. The van der Waals surface area contributed by atoms with E-state index in [0.717, 1.165) is 28.9 Å². The number of para-hydroxylation sites is 1. The average Bonchev–Trinajstić information content (AvgIpc) is 3.28. The van der Waals surface area contributed by atoms with Crippen LogP contribution in [0.5, 0.6) is 0 Å². The van der Waals surface area contributed by atoms with Crippen molar-refractivity contribution in [3.8, 4) is 0 Å². The van der Waals surface area contributed by atoms with Crippen LogP contribution in [0.2, 0.25) is 0 Å².